The summed E-state index contributed by atoms with van der Waals surface area (Å²) >= 11 is 0. The van der Waals surface area contributed by atoms with Crippen molar-refractivity contribution in [3.8, 4) is 0 Å². The molecule has 4 rings (SSSR count). The lowest BCUT2D eigenvalue weighted by atomic mass is 9.78. The molecule has 4 aliphatic rings. The molecule has 7 nitrogen and oxygen atoms in total. The van der Waals surface area contributed by atoms with Crippen LogP contribution in [0.5, 0.6) is 0 Å². The summed E-state index contributed by atoms with van der Waals surface area (Å²) < 4.78 is 5.53. The van der Waals surface area contributed by atoms with Crippen molar-refractivity contribution in [2.75, 3.05) is 39.8 Å². The molecule has 7 heteroatoms. The number of piperidine rings is 1. The molecule has 2 heterocycles. The normalized spacial score (nSPS) is 37.9. The standard InChI is InChI=1S/C25H47N5O2/c1-32-23-8-4-19(5-9-23)21-16-27-25(28-17-21)29-22-6-2-18(3-7-22)10-13-30-14-11-20(12-15-30)24(26)31/h18-23,25,27-29H,2-17H2,1H3,(H2,26,31). The maximum absolute atomic E-state index is 11.3. The summed E-state index contributed by atoms with van der Waals surface area (Å²) in [5.41, 5.74) is 5.46. The lowest BCUT2D eigenvalue weighted by Gasteiger charge is -2.40. The topological polar surface area (TPSA) is 91.7 Å². The minimum atomic E-state index is -0.109. The molecule has 0 bridgehead atoms. The first kappa shape index (κ1) is 24.4. The Morgan fingerprint density at radius 1 is 0.938 bits per heavy atom. The van der Waals surface area contributed by atoms with Gasteiger partial charge in [-0.15, -0.1) is 0 Å². The fourth-order valence-electron chi connectivity index (χ4n) is 6.59. The van der Waals surface area contributed by atoms with Crippen molar-refractivity contribution in [2.24, 2.45) is 29.4 Å². The number of carbonyl (C=O) groups excluding carboxylic acids is 1. The Morgan fingerprint density at radius 3 is 2.19 bits per heavy atom. The highest BCUT2D eigenvalue weighted by Gasteiger charge is 2.32. The number of ether oxygens (including phenoxy) is 1. The molecule has 2 aliphatic heterocycles. The summed E-state index contributed by atoms with van der Waals surface area (Å²) in [5.74, 6) is 2.47. The van der Waals surface area contributed by atoms with Gasteiger partial charge in [0.1, 0.15) is 6.29 Å². The maximum Gasteiger partial charge on any atom is 0.220 e. The summed E-state index contributed by atoms with van der Waals surface area (Å²) in [4.78, 5) is 13.9. The second kappa shape index (κ2) is 12.1. The third kappa shape index (κ3) is 6.89. The summed E-state index contributed by atoms with van der Waals surface area (Å²) in [7, 11) is 1.86. The Bertz CT molecular complexity index is 559. The number of hydrogen-bond donors (Lipinski definition) is 4. The average Bonchev–Trinajstić information content (AvgIpc) is 2.84. The van der Waals surface area contributed by atoms with E-state index in [1.54, 1.807) is 0 Å². The Labute approximate surface area is 194 Å². The summed E-state index contributed by atoms with van der Waals surface area (Å²) in [6, 6.07) is 0.635. The average molecular weight is 450 g/mol. The number of amides is 1. The molecule has 0 spiro atoms. The maximum atomic E-state index is 11.3. The molecule has 2 saturated heterocycles. The Hall–Kier alpha value is -0.730. The molecule has 1 amide bonds. The molecule has 5 N–H and O–H groups in total. The highest BCUT2D eigenvalue weighted by Crippen LogP contribution is 2.32. The monoisotopic (exact) mass is 449 g/mol. The molecule has 32 heavy (non-hydrogen) atoms. The molecule has 184 valence electrons. The predicted octanol–water partition coefficient (Wildman–Crippen LogP) is 2.02. The van der Waals surface area contributed by atoms with E-state index >= 15 is 0 Å². The Balaban J connectivity index is 1.06. The minimum absolute atomic E-state index is 0.107. The number of nitrogens with one attached hydrogen (secondary N) is 3. The van der Waals surface area contributed by atoms with E-state index in [1.807, 2.05) is 7.11 Å². The predicted molar refractivity (Wildman–Crippen MR) is 128 cm³/mol. The fourth-order valence-corrected chi connectivity index (χ4v) is 6.59. The van der Waals surface area contributed by atoms with E-state index in [0.29, 0.717) is 12.1 Å². The van der Waals surface area contributed by atoms with Crippen LogP contribution in [0.25, 0.3) is 0 Å². The van der Waals surface area contributed by atoms with Gasteiger partial charge in [-0.05, 0) is 108 Å². The van der Waals surface area contributed by atoms with Crippen LogP contribution in [-0.4, -0.2) is 69.1 Å². The van der Waals surface area contributed by atoms with Crippen LogP contribution in [0, 0.1) is 23.7 Å². The number of likely N-dealkylation sites (tertiary alicyclic amines) is 1. The first-order valence-electron chi connectivity index (χ1n) is 13.4. The van der Waals surface area contributed by atoms with E-state index in [9.17, 15) is 4.79 Å². The van der Waals surface area contributed by atoms with Gasteiger partial charge in [-0.25, -0.2) is 0 Å². The first-order chi connectivity index (χ1) is 15.6. The molecular formula is C25H47N5O2. The second-order valence-corrected chi connectivity index (χ2v) is 11.0. The number of primary amides is 1. The molecule has 4 fully saturated rings. The largest absolute Gasteiger partial charge is 0.381 e. The van der Waals surface area contributed by atoms with E-state index in [2.05, 4.69) is 20.9 Å². The molecule has 0 aromatic heterocycles. The highest BCUT2D eigenvalue weighted by atomic mass is 16.5. The van der Waals surface area contributed by atoms with Gasteiger partial charge in [0.2, 0.25) is 5.91 Å². The summed E-state index contributed by atoms with van der Waals surface area (Å²) in [6.07, 6.45) is 14.3. The Morgan fingerprint density at radius 2 is 1.59 bits per heavy atom. The van der Waals surface area contributed by atoms with Crippen LogP contribution in [0.2, 0.25) is 0 Å². The van der Waals surface area contributed by atoms with Crippen molar-refractivity contribution in [2.45, 2.75) is 89.1 Å². The molecule has 2 aliphatic carbocycles. The number of nitrogens with zero attached hydrogens (tertiary/aromatic N) is 1. The van der Waals surface area contributed by atoms with Crippen molar-refractivity contribution >= 4 is 5.91 Å². The van der Waals surface area contributed by atoms with Gasteiger partial charge in [-0.2, -0.15) is 0 Å². The van der Waals surface area contributed by atoms with Gasteiger partial charge in [0.25, 0.3) is 0 Å². The minimum Gasteiger partial charge on any atom is -0.381 e. The van der Waals surface area contributed by atoms with E-state index in [0.717, 1.165) is 56.8 Å². The highest BCUT2D eigenvalue weighted by molar-refractivity contribution is 5.76. The molecule has 0 radical (unpaired) electrons. The van der Waals surface area contributed by atoms with Crippen molar-refractivity contribution in [1.82, 2.24) is 20.9 Å². The van der Waals surface area contributed by atoms with Crippen molar-refractivity contribution < 1.29 is 9.53 Å². The zero-order valence-electron chi connectivity index (χ0n) is 20.2. The SMILES string of the molecule is COC1CCC(C2CNC(NC3CCC(CCN4CCC(C(N)=O)CC4)CC3)NC2)CC1. The van der Waals surface area contributed by atoms with E-state index in [1.165, 1.54) is 64.3 Å². The van der Waals surface area contributed by atoms with Crippen LogP contribution in [0.15, 0.2) is 0 Å². The van der Waals surface area contributed by atoms with Crippen molar-refractivity contribution in [3.63, 3.8) is 0 Å². The van der Waals surface area contributed by atoms with Gasteiger partial charge in [0.15, 0.2) is 0 Å². The van der Waals surface area contributed by atoms with Gasteiger partial charge in [0.05, 0.1) is 6.10 Å². The van der Waals surface area contributed by atoms with Gasteiger partial charge >= 0.3 is 0 Å². The fraction of sp³-hybridized carbons (Fsp3) is 0.960. The molecule has 0 atom stereocenters. The van der Waals surface area contributed by atoms with E-state index in [4.69, 9.17) is 10.5 Å². The van der Waals surface area contributed by atoms with Crippen molar-refractivity contribution in [3.05, 3.63) is 0 Å². The van der Waals surface area contributed by atoms with Gasteiger partial charge < -0.3 is 15.4 Å². The third-order valence-corrected chi connectivity index (χ3v) is 8.98. The van der Waals surface area contributed by atoms with Crippen LogP contribution in [0.3, 0.4) is 0 Å². The van der Waals surface area contributed by atoms with Crippen LogP contribution in [0.1, 0.15) is 70.6 Å². The number of methoxy groups -OCH3 is 1. The smallest absolute Gasteiger partial charge is 0.220 e. The van der Waals surface area contributed by atoms with E-state index < -0.39 is 0 Å². The first-order valence-corrected chi connectivity index (χ1v) is 13.4. The second-order valence-electron chi connectivity index (χ2n) is 11.0. The van der Waals surface area contributed by atoms with Crippen LogP contribution >= 0.6 is 0 Å². The number of carbonyl (C=O) groups is 1. The zero-order chi connectivity index (χ0) is 22.3. The van der Waals surface area contributed by atoms with Gasteiger partial charge in [-0.1, -0.05) is 0 Å². The number of rotatable bonds is 8. The number of hydrogen-bond acceptors (Lipinski definition) is 6. The third-order valence-electron chi connectivity index (χ3n) is 8.98. The van der Waals surface area contributed by atoms with Gasteiger partial charge in [0, 0.05) is 32.2 Å². The number of nitrogens with two attached hydrogens (primary N) is 1. The van der Waals surface area contributed by atoms with Crippen molar-refractivity contribution in [1.29, 1.82) is 0 Å². The molecular weight excluding hydrogens is 402 g/mol. The molecule has 0 aromatic carbocycles. The molecule has 0 aromatic rings. The molecule has 2 saturated carbocycles. The summed E-state index contributed by atoms with van der Waals surface area (Å²) in [6.45, 7) is 5.54. The zero-order valence-corrected chi connectivity index (χ0v) is 20.2. The molecule has 0 unspecified atom stereocenters. The van der Waals surface area contributed by atoms with Crippen LogP contribution in [0.4, 0.5) is 0 Å². The lowest BCUT2D eigenvalue weighted by molar-refractivity contribution is -0.123. The lowest BCUT2D eigenvalue weighted by Crippen LogP contribution is -2.63. The van der Waals surface area contributed by atoms with E-state index in [-0.39, 0.29) is 18.1 Å². The van der Waals surface area contributed by atoms with Gasteiger partial charge in [-0.3, -0.25) is 20.7 Å². The summed E-state index contributed by atoms with van der Waals surface area (Å²) in [5, 5.41) is 11.3. The van der Waals surface area contributed by atoms with Crippen LogP contribution in [-0.2, 0) is 9.53 Å². The van der Waals surface area contributed by atoms with Crippen LogP contribution < -0.4 is 21.7 Å². The Kier molecular flexibility index (Phi) is 9.23. The quantitative estimate of drug-likeness (QED) is 0.453.